The smallest absolute Gasteiger partial charge is 0.119 e. The summed E-state index contributed by atoms with van der Waals surface area (Å²) in [4.78, 5) is 0. The minimum atomic E-state index is 0.0514. The SMILES string of the molecule is CCCNCC(OC1COC1)c1cccc(OC)c1. The molecule has 4 nitrogen and oxygen atoms in total. The lowest BCUT2D eigenvalue weighted by molar-refractivity contribution is -0.155. The molecular weight excluding hydrogens is 242 g/mol. The zero-order valence-corrected chi connectivity index (χ0v) is 11.7. The second-order valence-electron chi connectivity index (χ2n) is 4.76. The van der Waals surface area contributed by atoms with Crippen LogP contribution >= 0.6 is 0 Å². The van der Waals surface area contributed by atoms with Gasteiger partial charge in [0.2, 0.25) is 0 Å². The summed E-state index contributed by atoms with van der Waals surface area (Å²) in [6.45, 7) is 5.39. The summed E-state index contributed by atoms with van der Waals surface area (Å²) in [6, 6.07) is 8.08. The standard InChI is InChI=1S/C15H23NO3/c1-3-7-16-9-15(19-14-10-18-11-14)12-5-4-6-13(8-12)17-2/h4-6,8,14-16H,3,7,9-11H2,1-2H3. The van der Waals surface area contributed by atoms with Crippen LogP contribution in [0.5, 0.6) is 5.75 Å². The minimum Gasteiger partial charge on any atom is -0.497 e. The van der Waals surface area contributed by atoms with Crippen molar-refractivity contribution in [1.82, 2.24) is 5.32 Å². The lowest BCUT2D eigenvalue weighted by Crippen LogP contribution is -2.39. The summed E-state index contributed by atoms with van der Waals surface area (Å²) in [5.41, 5.74) is 1.15. The number of hydrogen-bond acceptors (Lipinski definition) is 4. The Morgan fingerprint density at radius 2 is 2.26 bits per heavy atom. The Morgan fingerprint density at radius 1 is 1.42 bits per heavy atom. The maximum atomic E-state index is 6.08. The number of ether oxygens (including phenoxy) is 3. The molecule has 0 amide bonds. The van der Waals surface area contributed by atoms with Gasteiger partial charge in [-0.2, -0.15) is 0 Å². The molecular formula is C15H23NO3. The van der Waals surface area contributed by atoms with Crippen molar-refractivity contribution in [3.05, 3.63) is 29.8 Å². The zero-order chi connectivity index (χ0) is 13.5. The van der Waals surface area contributed by atoms with Crippen molar-refractivity contribution in [3.63, 3.8) is 0 Å². The second-order valence-corrected chi connectivity index (χ2v) is 4.76. The molecule has 0 aliphatic carbocycles. The number of rotatable bonds is 8. The van der Waals surface area contributed by atoms with Gasteiger partial charge in [0.25, 0.3) is 0 Å². The van der Waals surface area contributed by atoms with Crippen molar-refractivity contribution in [1.29, 1.82) is 0 Å². The van der Waals surface area contributed by atoms with E-state index in [1.807, 2.05) is 18.2 Å². The first-order chi connectivity index (χ1) is 9.33. The van der Waals surface area contributed by atoms with Gasteiger partial charge in [0.05, 0.1) is 26.4 Å². The molecule has 0 radical (unpaired) electrons. The fourth-order valence-electron chi connectivity index (χ4n) is 2.02. The topological polar surface area (TPSA) is 39.7 Å². The number of hydrogen-bond donors (Lipinski definition) is 1. The summed E-state index contributed by atoms with van der Waals surface area (Å²) >= 11 is 0. The van der Waals surface area contributed by atoms with Crippen molar-refractivity contribution >= 4 is 0 Å². The van der Waals surface area contributed by atoms with Gasteiger partial charge in [-0.25, -0.2) is 0 Å². The third-order valence-electron chi connectivity index (χ3n) is 3.19. The molecule has 19 heavy (non-hydrogen) atoms. The molecule has 1 N–H and O–H groups in total. The molecule has 106 valence electrons. The van der Waals surface area contributed by atoms with Gasteiger partial charge in [0.15, 0.2) is 0 Å². The van der Waals surface area contributed by atoms with Gasteiger partial charge in [0, 0.05) is 6.54 Å². The molecule has 4 heteroatoms. The van der Waals surface area contributed by atoms with Gasteiger partial charge < -0.3 is 19.5 Å². The molecule has 1 aromatic carbocycles. The van der Waals surface area contributed by atoms with Crippen LogP contribution in [0.2, 0.25) is 0 Å². The highest BCUT2D eigenvalue weighted by molar-refractivity contribution is 5.30. The molecule has 1 atom stereocenters. The molecule has 0 aromatic heterocycles. The third-order valence-corrected chi connectivity index (χ3v) is 3.19. The van der Waals surface area contributed by atoms with Crippen LogP contribution in [0.3, 0.4) is 0 Å². The number of methoxy groups -OCH3 is 1. The molecule has 0 saturated carbocycles. The first kappa shape index (κ1) is 14.3. The summed E-state index contributed by atoms with van der Waals surface area (Å²) in [5, 5.41) is 3.42. The highest BCUT2D eigenvalue weighted by Gasteiger charge is 2.24. The first-order valence-electron chi connectivity index (χ1n) is 6.91. The largest absolute Gasteiger partial charge is 0.497 e. The Hall–Kier alpha value is -1.10. The second kappa shape index (κ2) is 7.48. The Morgan fingerprint density at radius 3 is 2.89 bits per heavy atom. The van der Waals surface area contributed by atoms with E-state index >= 15 is 0 Å². The van der Waals surface area contributed by atoms with E-state index in [9.17, 15) is 0 Å². The maximum Gasteiger partial charge on any atom is 0.119 e. The fourth-order valence-corrected chi connectivity index (χ4v) is 2.02. The Kier molecular flexibility index (Phi) is 5.63. The molecule has 1 unspecified atom stereocenters. The van der Waals surface area contributed by atoms with Crippen LogP contribution in [-0.2, 0) is 9.47 Å². The van der Waals surface area contributed by atoms with Crippen LogP contribution in [0.25, 0.3) is 0 Å². The summed E-state index contributed by atoms with van der Waals surface area (Å²) < 4.78 is 16.5. The van der Waals surface area contributed by atoms with E-state index in [1.165, 1.54) is 0 Å². The zero-order valence-electron chi connectivity index (χ0n) is 11.7. The highest BCUT2D eigenvalue weighted by atomic mass is 16.6. The quantitative estimate of drug-likeness (QED) is 0.731. The molecule has 1 fully saturated rings. The van der Waals surface area contributed by atoms with Crippen LogP contribution in [0.15, 0.2) is 24.3 Å². The van der Waals surface area contributed by atoms with Crippen molar-refractivity contribution in [2.45, 2.75) is 25.6 Å². The van der Waals surface area contributed by atoms with E-state index in [1.54, 1.807) is 7.11 Å². The molecule has 1 aliphatic rings. The third kappa shape index (κ3) is 4.20. The minimum absolute atomic E-state index is 0.0514. The van der Waals surface area contributed by atoms with Crippen molar-refractivity contribution in [3.8, 4) is 5.75 Å². The number of benzene rings is 1. The van der Waals surface area contributed by atoms with E-state index in [4.69, 9.17) is 14.2 Å². The van der Waals surface area contributed by atoms with Gasteiger partial charge in [-0.15, -0.1) is 0 Å². The fraction of sp³-hybridized carbons (Fsp3) is 0.600. The molecule has 1 aromatic rings. The van der Waals surface area contributed by atoms with Crippen LogP contribution in [0.4, 0.5) is 0 Å². The molecule has 0 spiro atoms. The predicted molar refractivity (Wildman–Crippen MR) is 74.6 cm³/mol. The van der Waals surface area contributed by atoms with Crippen LogP contribution < -0.4 is 10.1 Å². The van der Waals surface area contributed by atoms with Gasteiger partial charge in [-0.1, -0.05) is 19.1 Å². The normalized spacial score (nSPS) is 16.9. The Balaban J connectivity index is 2.00. The predicted octanol–water partition coefficient (Wildman–Crippen LogP) is 2.15. The molecule has 1 heterocycles. The lowest BCUT2D eigenvalue weighted by Gasteiger charge is -2.31. The molecule has 0 bridgehead atoms. The van der Waals surface area contributed by atoms with Gasteiger partial charge in [-0.3, -0.25) is 0 Å². The first-order valence-corrected chi connectivity index (χ1v) is 6.91. The number of nitrogens with one attached hydrogen (secondary N) is 1. The molecule has 2 rings (SSSR count). The van der Waals surface area contributed by atoms with Crippen LogP contribution in [0.1, 0.15) is 25.0 Å². The lowest BCUT2D eigenvalue weighted by atomic mass is 10.1. The van der Waals surface area contributed by atoms with Crippen LogP contribution in [-0.4, -0.2) is 39.5 Å². The van der Waals surface area contributed by atoms with E-state index in [0.717, 1.165) is 30.8 Å². The van der Waals surface area contributed by atoms with Gasteiger partial charge in [-0.05, 0) is 30.7 Å². The maximum absolute atomic E-state index is 6.08. The van der Waals surface area contributed by atoms with Gasteiger partial charge >= 0.3 is 0 Å². The van der Waals surface area contributed by atoms with E-state index in [0.29, 0.717) is 13.2 Å². The van der Waals surface area contributed by atoms with E-state index in [2.05, 4.69) is 18.3 Å². The molecule has 1 saturated heterocycles. The van der Waals surface area contributed by atoms with E-state index in [-0.39, 0.29) is 12.2 Å². The van der Waals surface area contributed by atoms with Gasteiger partial charge in [0.1, 0.15) is 11.9 Å². The summed E-state index contributed by atoms with van der Waals surface area (Å²) in [6.07, 6.45) is 1.40. The summed E-state index contributed by atoms with van der Waals surface area (Å²) in [5.74, 6) is 0.867. The Labute approximate surface area is 115 Å². The average molecular weight is 265 g/mol. The Bertz CT molecular complexity index is 379. The molecule has 1 aliphatic heterocycles. The monoisotopic (exact) mass is 265 g/mol. The van der Waals surface area contributed by atoms with Crippen molar-refractivity contribution in [2.75, 3.05) is 33.4 Å². The summed E-state index contributed by atoms with van der Waals surface area (Å²) in [7, 11) is 1.68. The highest BCUT2D eigenvalue weighted by Crippen LogP contribution is 2.24. The average Bonchev–Trinajstić information content (AvgIpc) is 2.40. The van der Waals surface area contributed by atoms with Crippen molar-refractivity contribution in [2.24, 2.45) is 0 Å². The van der Waals surface area contributed by atoms with Crippen molar-refractivity contribution < 1.29 is 14.2 Å². The van der Waals surface area contributed by atoms with E-state index < -0.39 is 0 Å². The van der Waals surface area contributed by atoms with Crippen LogP contribution in [0, 0.1) is 0 Å².